The van der Waals surface area contributed by atoms with Crippen molar-refractivity contribution in [3.8, 4) is 0 Å². The molecule has 0 aliphatic carbocycles. The third-order valence-electron chi connectivity index (χ3n) is 5.75. The molecule has 18 heteroatoms. The number of carbonyl (C=O) groups excluding carboxylic acids is 5. The van der Waals surface area contributed by atoms with Crippen molar-refractivity contribution in [2.24, 2.45) is 5.16 Å². The number of anilines is 1. The number of nitrogens with one attached hydrogen (secondary N) is 2. The maximum absolute atomic E-state index is 13.4. The van der Waals surface area contributed by atoms with Crippen molar-refractivity contribution in [3.63, 3.8) is 0 Å². The number of carboxylic acid groups (broad SMARTS) is 1. The van der Waals surface area contributed by atoms with Crippen LogP contribution >= 0.6 is 57.5 Å². The Balaban J connectivity index is 1.87. The molecule has 0 bridgehead atoms. The van der Waals surface area contributed by atoms with E-state index in [-0.39, 0.29) is 23.1 Å². The normalized spacial score (nSPS) is 24.1. The summed E-state index contributed by atoms with van der Waals surface area (Å²) in [6.45, 7) is 5.93. The molecule has 218 valence electrons. The lowest BCUT2D eigenvalue weighted by Gasteiger charge is -2.53. The summed E-state index contributed by atoms with van der Waals surface area (Å²) in [6, 6.07) is -0.994. The van der Waals surface area contributed by atoms with Crippen molar-refractivity contribution < 1.29 is 43.4 Å². The molecule has 14 nitrogen and oxygen atoms in total. The number of nitrogens with zero attached hydrogens (tertiary/aromatic N) is 3. The molecular formula is C22H26IN5O9S3. The van der Waals surface area contributed by atoms with Crippen LogP contribution in [0.1, 0.15) is 33.4 Å². The van der Waals surface area contributed by atoms with Crippen molar-refractivity contribution >= 4 is 102 Å². The fourth-order valence-corrected chi connectivity index (χ4v) is 6.95. The van der Waals surface area contributed by atoms with Gasteiger partial charge in [0, 0.05) is 40.3 Å². The summed E-state index contributed by atoms with van der Waals surface area (Å²) in [7, 11) is 0. The van der Waals surface area contributed by atoms with Gasteiger partial charge in [0.15, 0.2) is 10.8 Å². The number of esters is 1. The number of rotatable bonds is 11. The Kier molecular flexibility index (Phi) is 9.78. The lowest BCUT2D eigenvalue weighted by molar-refractivity contribution is -0.181. The number of aliphatic carboxylic acids is 1. The van der Waals surface area contributed by atoms with Crippen molar-refractivity contribution in [2.45, 2.75) is 55.1 Å². The van der Waals surface area contributed by atoms with E-state index in [1.165, 1.54) is 44.6 Å². The number of carbonyl (C=O) groups is 6. The number of aromatic nitrogens is 1. The first-order chi connectivity index (χ1) is 18.6. The van der Waals surface area contributed by atoms with Crippen LogP contribution in [0.15, 0.2) is 10.5 Å². The molecule has 2 aliphatic heterocycles. The second-order valence-corrected chi connectivity index (χ2v) is 13.9. The molecular weight excluding hydrogens is 701 g/mol. The number of hydrogen-bond acceptors (Lipinski definition) is 13. The molecule has 2 saturated heterocycles. The first-order valence-electron chi connectivity index (χ1n) is 11.5. The number of hydrogen-bond donors (Lipinski definition) is 3. The fourth-order valence-electron chi connectivity index (χ4n) is 3.47. The highest BCUT2D eigenvalue weighted by molar-refractivity contribution is 14.1. The van der Waals surface area contributed by atoms with Crippen LogP contribution in [0, 0.1) is 0 Å². The first kappa shape index (κ1) is 32.1. The molecule has 2 fully saturated rings. The predicted octanol–water partition coefficient (Wildman–Crippen LogP) is 1.08. The smallest absolute Gasteiger partial charge is 0.362 e. The standard InChI is InChI=1S/C22H26IN5O9S3/c1-20(2,3)36-18(35)21(4,16(23)32)37-27-11(10-6-39-19(25-10)24-9-29)13(30)26-12-14(31)28-7-22(38-5,17(33)34)8-40-15(12)28/h6,9,12,15H,7-8H2,1-5H3,(H,26,30)(H,33,34)(H,24,25,29)/t12?,15-,21?,22?/m1/s1. The number of oxime groups is 1. The quantitative estimate of drug-likeness (QED) is 0.0430. The minimum Gasteiger partial charge on any atom is -0.480 e. The highest BCUT2D eigenvalue weighted by Gasteiger charge is 2.57. The zero-order chi connectivity index (χ0) is 30.0. The molecule has 40 heavy (non-hydrogen) atoms. The van der Waals surface area contributed by atoms with Crippen LogP contribution in [-0.2, 0) is 38.3 Å². The van der Waals surface area contributed by atoms with E-state index in [2.05, 4.69) is 20.8 Å². The van der Waals surface area contributed by atoms with Crippen molar-refractivity contribution in [3.05, 3.63) is 11.1 Å². The van der Waals surface area contributed by atoms with Crippen LogP contribution in [0.25, 0.3) is 0 Å². The van der Waals surface area contributed by atoms with Gasteiger partial charge in [-0.25, -0.2) is 9.78 Å². The van der Waals surface area contributed by atoms with Gasteiger partial charge < -0.3 is 30.2 Å². The zero-order valence-electron chi connectivity index (χ0n) is 21.9. The molecule has 1 aromatic heterocycles. The van der Waals surface area contributed by atoms with E-state index in [1.54, 1.807) is 27.0 Å². The van der Waals surface area contributed by atoms with Crippen molar-refractivity contribution in [1.82, 2.24) is 15.2 Å². The molecule has 4 atom stereocenters. The van der Waals surface area contributed by atoms with Gasteiger partial charge >= 0.3 is 11.9 Å². The lowest BCUT2D eigenvalue weighted by Crippen LogP contribution is -2.74. The number of halogens is 1. The van der Waals surface area contributed by atoms with E-state index in [0.717, 1.165) is 30.0 Å². The van der Waals surface area contributed by atoms with E-state index in [1.807, 2.05) is 0 Å². The Labute approximate surface area is 254 Å². The lowest BCUT2D eigenvalue weighted by atomic mass is 10.0. The Morgan fingerprint density at radius 2 is 2.00 bits per heavy atom. The fraction of sp³-hybridized carbons (Fsp3) is 0.545. The van der Waals surface area contributed by atoms with Crippen LogP contribution in [0.5, 0.6) is 0 Å². The molecule has 3 heterocycles. The molecule has 3 unspecified atom stereocenters. The van der Waals surface area contributed by atoms with Crippen molar-refractivity contribution in [1.29, 1.82) is 0 Å². The average Bonchev–Trinajstić information content (AvgIpc) is 3.33. The third kappa shape index (κ3) is 6.54. The summed E-state index contributed by atoms with van der Waals surface area (Å²) in [5, 5.41) is 19.4. The van der Waals surface area contributed by atoms with E-state index in [0.29, 0.717) is 6.41 Å². The van der Waals surface area contributed by atoms with Gasteiger partial charge in [0.05, 0.1) is 0 Å². The molecule has 1 aromatic rings. The van der Waals surface area contributed by atoms with Crippen LogP contribution in [-0.4, -0.2) is 101 Å². The number of thioether (sulfide) groups is 2. The third-order valence-corrected chi connectivity index (χ3v) is 10.5. The van der Waals surface area contributed by atoms with Gasteiger partial charge in [-0.1, -0.05) is 5.16 Å². The topological polar surface area (TPSA) is 194 Å². The van der Waals surface area contributed by atoms with E-state index < -0.39 is 60.6 Å². The van der Waals surface area contributed by atoms with E-state index >= 15 is 0 Å². The largest absolute Gasteiger partial charge is 0.480 e. The highest BCUT2D eigenvalue weighted by Crippen LogP contribution is 2.43. The number of ether oxygens (including phenoxy) is 1. The van der Waals surface area contributed by atoms with Gasteiger partial charge in [-0.3, -0.25) is 24.0 Å². The zero-order valence-corrected chi connectivity index (χ0v) is 26.5. The molecule has 3 rings (SSSR count). The van der Waals surface area contributed by atoms with Gasteiger partial charge in [0.1, 0.15) is 27.5 Å². The van der Waals surface area contributed by atoms with Gasteiger partial charge in [-0.05, 0) is 34.0 Å². The second kappa shape index (κ2) is 12.2. The summed E-state index contributed by atoms with van der Waals surface area (Å²) in [5.74, 6) is -3.24. The summed E-state index contributed by atoms with van der Waals surface area (Å²) in [6.07, 6.45) is 2.05. The summed E-state index contributed by atoms with van der Waals surface area (Å²) in [4.78, 5) is 84.9. The van der Waals surface area contributed by atoms with Gasteiger partial charge in [0.25, 0.3) is 11.5 Å². The number of thiazole rings is 1. The maximum atomic E-state index is 13.4. The number of amides is 3. The SMILES string of the molecule is CSC1(C(=O)O)CS[C@@H]2C(NC(=O)C(=NOC(C)(C(=O)I)C(=O)OC(C)(C)C)c3csc(NC=O)n3)C(=O)N2C1. The monoisotopic (exact) mass is 727 g/mol. The van der Waals surface area contributed by atoms with Gasteiger partial charge in [0.2, 0.25) is 16.1 Å². The van der Waals surface area contributed by atoms with E-state index in [4.69, 9.17) is 9.57 Å². The first-order valence-corrected chi connectivity index (χ1v) is 15.7. The molecule has 0 spiro atoms. The Morgan fingerprint density at radius 1 is 1.32 bits per heavy atom. The Bertz CT molecular complexity index is 1270. The summed E-state index contributed by atoms with van der Waals surface area (Å²) < 4.78 is 3.35. The highest BCUT2D eigenvalue weighted by atomic mass is 127. The van der Waals surface area contributed by atoms with Crippen LogP contribution < -0.4 is 10.6 Å². The molecule has 3 N–H and O–H groups in total. The minimum absolute atomic E-state index is 0.0186. The summed E-state index contributed by atoms with van der Waals surface area (Å²) >= 11 is 4.69. The van der Waals surface area contributed by atoms with Gasteiger partial charge in [-0.2, -0.15) is 0 Å². The Hall–Kier alpha value is -2.45. The molecule has 0 radical (unpaired) electrons. The molecule has 0 saturated carbocycles. The minimum atomic E-state index is -2.22. The molecule has 0 aromatic carbocycles. The van der Waals surface area contributed by atoms with Crippen LogP contribution in [0.4, 0.5) is 5.13 Å². The van der Waals surface area contributed by atoms with Crippen LogP contribution in [0.3, 0.4) is 0 Å². The number of β-lactam (4-membered cyclic amide) rings is 1. The van der Waals surface area contributed by atoms with Crippen LogP contribution in [0.2, 0.25) is 0 Å². The van der Waals surface area contributed by atoms with Gasteiger partial charge in [-0.15, -0.1) is 34.9 Å². The molecule has 3 amide bonds. The Morgan fingerprint density at radius 3 is 2.55 bits per heavy atom. The maximum Gasteiger partial charge on any atom is 0.362 e. The molecule has 2 aliphatic rings. The summed E-state index contributed by atoms with van der Waals surface area (Å²) in [5.41, 5.74) is -3.71. The van der Waals surface area contributed by atoms with Crippen molar-refractivity contribution in [2.75, 3.05) is 23.9 Å². The predicted molar refractivity (Wildman–Crippen MR) is 156 cm³/mol. The average molecular weight is 728 g/mol. The second-order valence-electron chi connectivity index (χ2n) is 9.76. The number of fused-ring (bicyclic) bond motifs is 1. The van der Waals surface area contributed by atoms with E-state index in [9.17, 15) is 33.9 Å². The number of carboxylic acids is 1.